The summed E-state index contributed by atoms with van der Waals surface area (Å²) < 4.78 is 0. The molecule has 1 atom stereocenters. The fourth-order valence-electron chi connectivity index (χ4n) is 3.00. The Morgan fingerprint density at radius 2 is 1.88 bits per heavy atom. The lowest BCUT2D eigenvalue weighted by atomic mass is 10.1. The second-order valence-electron chi connectivity index (χ2n) is 6.29. The molecule has 2 heterocycles. The van der Waals surface area contributed by atoms with Crippen molar-refractivity contribution in [1.82, 2.24) is 9.88 Å². The van der Waals surface area contributed by atoms with E-state index in [9.17, 15) is 9.59 Å². The van der Waals surface area contributed by atoms with Crippen molar-refractivity contribution in [2.24, 2.45) is 5.92 Å². The van der Waals surface area contributed by atoms with Gasteiger partial charge in [0.1, 0.15) is 0 Å². The number of carbonyl (C=O) groups is 2. The summed E-state index contributed by atoms with van der Waals surface area (Å²) in [5.74, 6) is -0.269. The minimum Gasteiger partial charge on any atom is -0.341 e. The quantitative estimate of drug-likeness (QED) is 0.868. The molecule has 1 aromatic heterocycles. The van der Waals surface area contributed by atoms with Crippen LogP contribution in [0.15, 0.2) is 48.8 Å². The third kappa shape index (κ3) is 3.45. The van der Waals surface area contributed by atoms with Crippen LogP contribution in [0.4, 0.5) is 5.69 Å². The SMILES string of the molecule is Cc1ccc(N2CC(C(=O)N(C)Cc3ccncc3)CC2=O)cc1. The number of nitrogens with zero attached hydrogens (tertiary/aromatic N) is 3. The van der Waals surface area contributed by atoms with Gasteiger partial charge in [-0.2, -0.15) is 0 Å². The molecule has 5 nitrogen and oxygen atoms in total. The molecule has 1 unspecified atom stereocenters. The van der Waals surface area contributed by atoms with Crippen LogP contribution >= 0.6 is 0 Å². The van der Waals surface area contributed by atoms with Crippen molar-refractivity contribution in [2.75, 3.05) is 18.5 Å². The van der Waals surface area contributed by atoms with Gasteiger partial charge in [-0.1, -0.05) is 17.7 Å². The van der Waals surface area contributed by atoms with E-state index in [2.05, 4.69) is 4.98 Å². The molecule has 0 spiro atoms. The zero-order valence-corrected chi connectivity index (χ0v) is 14.0. The molecule has 1 aromatic carbocycles. The molecule has 1 aliphatic heterocycles. The number of hydrogen-bond donors (Lipinski definition) is 0. The number of pyridine rings is 1. The van der Waals surface area contributed by atoms with Crippen molar-refractivity contribution in [3.05, 3.63) is 59.9 Å². The predicted octanol–water partition coefficient (Wildman–Crippen LogP) is 2.40. The minimum absolute atomic E-state index is 0.00881. The van der Waals surface area contributed by atoms with Gasteiger partial charge in [-0.25, -0.2) is 0 Å². The Morgan fingerprint density at radius 1 is 1.21 bits per heavy atom. The maximum Gasteiger partial charge on any atom is 0.228 e. The molecule has 3 rings (SSSR count). The van der Waals surface area contributed by atoms with Crippen molar-refractivity contribution >= 4 is 17.5 Å². The molecular formula is C19H21N3O2. The molecule has 1 aliphatic rings. The Kier molecular flexibility index (Phi) is 4.60. The van der Waals surface area contributed by atoms with Crippen molar-refractivity contribution < 1.29 is 9.59 Å². The second-order valence-corrected chi connectivity index (χ2v) is 6.29. The van der Waals surface area contributed by atoms with Gasteiger partial charge in [0, 0.05) is 44.6 Å². The first-order chi connectivity index (χ1) is 11.5. The fraction of sp³-hybridized carbons (Fsp3) is 0.316. The number of anilines is 1. The highest BCUT2D eigenvalue weighted by Gasteiger charge is 2.36. The Morgan fingerprint density at radius 3 is 2.54 bits per heavy atom. The third-order valence-corrected chi connectivity index (χ3v) is 4.37. The first-order valence-corrected chi connectivity index (χ1v) is 8.05. The number of amides is 2. The number of hydrogen-bond acceptors (Lipinski definition) is 3. The molecule has 0 radical (unpaired) electrons. The number of aromatic nitrogens is 1. The smallest absolute Gasteiger partial charge is 0.228 e. The van der Waals surface area contributed by atoms with E-state index in [-0.39, 0.29) is 24.2 Å². The van der Waals surface area contributed by atoms with E-state index in [1.807, 2.05) is 43.3 Å². The topological polar surface area (TPSA) is 53.5 Å². The highest BCUT2D eigenvalue weighted by Crippen LogP contribution is 2.26. The molecule has 1 saturated heterocycles. The van der Waals surface area contributed by atoms with Crippen LogP contribution in [0, 0.1) is 12.8 Å². The summed E-state index contributed by atoms with van der Waals surface area (Å²) in [7, 11) is 1.78. The van der Waals surface area contributed by atoms with E-state index in [4.69, 9.17) is 0 Å². The number of benzene rings is 1. The van der Waals surface area contributed by atoms with Gasteiger partial charge in [0.25, 0.3) is 0 Å². The molecule has 0 N–H and O–H groups in total. The molecule has 2 aromatic rings. The van der Waals surface area contributed by atoms with Crippen LogP contribution in [0.3, 0.4) is 0 Å². The van der Waals surface area contributed by atoms with Gasteiger partial charge in [0.15, 0.2) is 0 Å². The molecule has 0 aliphatic carbocycles. The predicted molar refractivity (Wildman–Crippen MR) is 92.4 cm³/mol. The van der Waals surface area contributed by atoms with Crippen molar-refractivity contribution in [1.29, 1.82) is 0 Å². The Labute approximate surface area is 141 Å². The Hall–Kier alpha value is -2.69. The molecule has 2 amide bonds. The van der Waals surface area contributed by atoms with Crippen LogP contribution in [-0.4, -0.2) is 35.3 Å². The van der Waals surface area contributed by atoms with Crippen LogP contribution in [0.25, 0.3) is 0 Å². The summed E-state index contributed by atoms with van der Waals surface area (Å²) in [5, 5.41) is 0. The van der Waals surface area contributed by atoms with Gasteiger partial charge in [-0.15, -0.1) is 0 Å². The van der Waals surface area contributed by atoms with Crippen LogP contribution in [-0.2, 0) is 16.1 Å². The average Bonchev–Trinajstić information content (AvgIpc) is 2.97. The normalized spacial score (nSPS) is 17.2. The van der Waals surface area contributed by atoms with E-state index >= 15 is 0 Å². The zero-order valence-electron chi connectivity index (χ0n) is 14.0. The molecule has 5 heteroatoms. The number of rotatable bonds is 4. The maximum absolute atomic E-state index is 12.7. The summed E-state index contributed by atoms with van der Waals surface area (Å²) in [6.07, 6.45) is 3.70. The first-order valence-electron chi connectivity index (χ1n) is 8.05. The molecule has 124 valence electrons. The molecule has 24 heavy (non-hydrogen) atoms. The standard InChI is InChI=1S/C19H21N3O2/c1-14-3-5-17(6-4-14)22-13-16(11-18(22)23)19(24)21(2)12-15-7-9-20-10-8-15/h3-10,16H,11-13H2,1-2H3. The lowest BCUT2D eigenvalue weighted by Gasteiger charge is -2.21. The van der Waals surface area contributed by atoms with E-state index in [1.54, 1.807) is 29.2 Å². The van der Waals surface area contributed by atoms with E-state index in [1.165, 1.54) is 0 Å². The van der Waals surface area contributed by atoms with Crippen LogP contribution in [0.5, 0.6) is 0 Å². The monoisotopic (exact) mass is 323 g/mol. The highest BCUT2D eigenvalue weighted by molar-refractivity contribution is 6.00. The highest BCUT2D eigenvalue weighted by atomic mass is 16.2. The maximum atomic E-state index is 12.7. The van der Waals surface area contributed by atoms with Crippen molar-refractivity contribution in [2.45, 2.75) is 19.9 Å². The second kappa shape index (κ2) is 6.83. The molecular weight excluding hydrogens is 302 g/mol. The Bertz CT molecular complexity index is 728. The van der Waals surface area contributed by atoms with Gasteiger partial charge < -0.3 is 9.80 Å². The van der Waals surface area contributed by atoms with E-state index in [0.29, 0.717) is 13.1 Å². The summed E-state index contributed by atoms with van der Waals surface area (Å²) in [6, 6.07) is 11.6. The summed E-state index contributed by atoms with van der Waals surface area (Å²) in [5.41, 5.74) is 3.04. The Balaban J connectivity index is 1.66. The lowest BCUT2D eigenvalue weighted by Crippen LogP contribution is -2.34. The zero-order chi connectivity index (χ0) is 17.1. The summed E-state index contributed by atoms with van der Waals surface area (Å²) in [6.45, 7) is 2.98. The number of aryl methyl sites for hydroxylation is 1. The van der Waals surface area contributed by atoms with Crippen molar-refractivity contribution in [3.8, 4) is 0 Å². The molecule has 0 bridgehead atoms. The first kappa shape index (κ1) is 16.2. The van der Waals surface area contributed by atoms with Crippen molar-refractivity contribution in [3.63, 3.8) is 0 Å². The van der Waals surface area contributed by atoms with E-state index in [0.717, 1.165) is 16.8 Å². The van der Waals surface area contributed by atoms with Crippen LogP contribution in [0.1, 0.15) is 17.5 Å². The van der Waals surface area contributed by atoms with Crippen LogP contribution < -0.4 is 4.90 Å². The summed E-state index contributed by atoms with van der Waals surface area (Å²) in [4.78, 5) is 32.3. The van der Waals surface area contributed by atoms with Gasteiger partial charge >= 0.3 is 0 Å². The van der Waals surface area contributed by atoms with Crippen LogP contribution in [0.2, 0.25) is 0 Å². The van der Waals surface area contributed by atoms with Gasteiger partial charge in [-0.05, 0) is 36.8 Å². The molecule has 0 saturated carbocycles. The minimum atomic E-state index is -0.286. The average molecular weight is 323 g/mol. The largest absolute Gasteiger partial charge is 0.341 e. The fourth-order valence-corrected chi connectivity index (χ4v) is 3.00. The number of carbonyl (C=O) groups excluding carboxylic acids is 2. The van der Waals surface area contributed by atoms with Gasteiger partial charge in [0.05, 0.1) is 5.92 Å². The third-order valence-electron chi connectivity index (χ3n) is 4.37. The molecule has 1 fully saturated rings. The van der Waals surface area contributed by atoms with E-state index < -0.39 is 0 Å². The summed E-state index contributed by atoms with van der Waals surface area (Å²) >= 11 is 0. The van der Waals surface area contributed by atoms with Gasteiger partial charge in [0.2, 0.25) is 11.8 Å². The van der Waals surface area contributed by atoms with Gasteiger partial charge in [-0.3, -0.25) is 14.6 Å². The lowest BCUT2D eigenvalue weighted by molar-refractivity contribution is -0.135.